The van der Waals surface area contributed by atoms with E-state index in [-0.39, 0.29) is 0 Å². The van der Waals surface area contributed by atoms with Crippen LogP contribution in [0.2, 0.25) is 0 Å². The van der Waals surface area contributed by atoms with E-state index >= 15 is 0 Å². The minimum Gasteiger partial charge on any atom is -0.309 e. The summed E-state index contributed by atoms with van der Waals surface area (Å²) in [7, 11) is 0. The third-order valence-corrected chi connectivity index (χ3v) is 8.75. The third-order valence-electron chi connectivity index (χ3n) is 8.75. The van der Waals surface area contributed by atoms with Crippen LogP contribution in [0.15, 0.2) is 152 Å². The lowest BCUT2D eigenvalue weighted by molar-refractivity contribution is 1.18. The van der Waals surface area contributed by atoms with E-state index in [1.54, 1.807) is 0 Å². The SMILES string of the molecule is c1ccc(-c2cc(-c3ccccc3-n3c4ccccc4c4ccccc43)c3ccc4cccc5ccc2c3c54)cc1. The van der Waals surface area contributed by atoms with Gasteiger partial charge in [-0.25, -0.2) is 0 Å². The van der Waals surface area contributed by atoms with Gasteiger partial charge in [0.2, 0.25) is 0 Å². The van der Waals surface area contributed by atoms with E-state index in [1.807, 2.05) is 0 Å². The van der Waals surface area contributed by atoms with Gasteiger partial charge in [-0.2, -0.15) is 0 Å². The van der Waals surface area contributed by atoms with Crippen LogP contribution in [0.1, 0.15) is 0 Å². The highest BCUT2D eigenvalue weighted by Crippen LogP contribution is 2.45. The second-order valence-electron chi connectivity index (χ2n) is 10.9. The lowest BCUT2D eigenvalue weighted by Crippen LogP contribution is -1.98. The smallest absolute Gasteiger partial charge is 0.0541 e. The fourth-order valence-electron chi connectivity index (χ4n) is 6.99. The Hall–Kier alpha value is -5.40. The fourth-order valence-corrected chi connectivity index (χ4v) is 6.99. The van der Waals surface area contributed by atoms with Crippen molar-refractivity contribution in [1.82, 2.24) is 4.57 Å². The second kappa shape index (κ2) is 8.55. The first kappa shape index (κ1) is 22.4. The quantitative estimate of drug-likeness (QED) is 0.205. The summed E-state index contributed by atoms with van der Waals surface area (Å²) in [6.45, 7) is 0. The topological polar surface area (TPSA) is 4.93 Å². The van der Waals surface area contributed by atoms with Gasteiger partial charge in [0.25, 0.3) is 0 Å². The molecule has 0 unspecified atom stereocenters. The van der Waals surface area contributed by atoms with Crippen molar-refractivity contribution in [3.05, 3.63) is 152 Å². The van der Waals surface area contributed by atoms with Crippen molar-refractivity contribution in [3.63, 3.8) is 0 Å². The van der Waals surface area contributed by atoms with Crippen molar-refractivity contribution in [3.8, 4) is 27.9 Å². The molecule has 0 atom stereocenters. The van der Waals surface area contributed by atoms with Crippen LogP contribution in [0, 0.1) is 0 Å². The first-order valence-corrected chi connectivity index (χ1v) is 14.2. The summed E-state index contributed by atoms with van der Waals surface area (Å²) in [5.74, 6) is 0. The maximum atomic E-state index is 2.44. The summed E-state index contributed by atoms with van der Waals surface area (Å²) < 4.78 is 2.44. The van der Waals surface area contributed by atoms with Gasteiger partial charge in [0.15, 0.2) is 0 Å². The van der Waals surface area contributed by atoms with Crippen molar-refractivity contribution in [2.24, 2.45) is 0 Å². The molecule has 9 rings (SSSR count). The summed E-state index contributed by atoms with van der Waals surface area (Å²) in [5, 5.41) is 10.4. The molecular weight excluding hydrogens is 494 g/mol. The highest BCUT2D eigenvalue weighted by atomic mass is 15.0. The van der Waals surface area contributed by atoms with Gasteiger partial charge in [0.1, 0.15) is 0 Å². The Bertz CT molecular complexity index is 2340. The Morgan fingerprint density at radius 3 is 1.63 bits per heavy atom. The van der Waals surface area contributed by atoms with Crippen molar-refractivity contribution < 1.29 is 0 Å². The van der Waals surface area contributed by atoms with E-state index in [0.29, 0.717) is 0 Å². The summed E-state index contributed by atoms with van der Waals surface area (Å²) in [5.41, 5.74) is 8.63. The zero-order valence-electron chi connectivity index (χ0n) is 22.4. The number of rotatable bonds is 3. The molecule has 0 saturated heterocycles. The van der Waals surface area contributed by atoms with Crippen LogP contribution in [0.4, 0.5) is 0 Å². The number of fused-ring (bicyclic) bond motifs is 3. The number of hydrogen-bond donors (Lipinski definition) is 0. The Labute approximate surface area is 237 Å². The molecule has 0 amide bonds. The summed E-state index contributed by atoms with van der Waals surface area (Å²) in [6.07, 6.45) is 0. The van der Waals surface area contributed by atoms with E-state index in [1.165, 1.54) is 82.1 Å². The molecule has 1 heteroatoms. The van der Waals surface area contributed by atoms with Crippen molar-refractivity contribution in [2.45, 2.75) is 0 Å². The van der Waals surface area contributed by atoms with Crippen LogP contribution in [0.25, 0.3) is 82.1 Å². The average molecular weight is 520 g/mol. The predicted molar refractivity (Wildman–Crippen MR) is 175 cm³/mol. The normalized spacial score (nSPS) is 11.9. The van der Waals surface area contributed by atoms with Gasteiger partial charge in [0, 0.05) is 16.3 Å². The molecule has 0 saturated carbocycles. The van der Waals surface area contributed by atoms with Crippen molar-refractivity contribution in [2.75, 3.05) is 0 Å². The fraction of sp³-hybridized carbons (Fsp3) is 0. The van der Waals surface area contributed by atoms with Gasteiger partial charge < -0.3 is 4.57 Å². The van der Waals surface area contributed by atoms with E-state index in [0.717, 1.165) is 0 Å². The number of nitrogens with zero attached hydrogens (tertiary/aromatic N) is 1. The van der Waals surface area contributed by atoms with Crippen molar-refractivity contribution in [1.29, 1.82) is 0 Å². The molecule has 1 nitrogen and oxygen atoms in total. The lowest BCUT2D eigenvalue weighted by Gasteiger charge is -2.20. The van der Waals surface area contributed by atoms with Gasteiger partial charge in [0.05, 0.1) is 16.7 Å². The van der Waals surface area contributed by atoms with E-state index in [4.69, 9.17) is 0 Å². The molecule has 0 fully saturated rings. The monoisotopic (exact) mass is 519 g/mol. The van der Waals surface area contributed by atoms with Crippen LogP contribution in [0.3, 0.4) is 0 Å². The van der Waals surface area contributed by atoms with Crippen LogP contribution >= 0.6 is 0 Å². The molecule has 0 N–H and O–H groups in total. The molecule has 0 aliphatic heterocycles. The van der Waals surface area contributed by atoms with E-state index < -0.39 is 0 Å². The molecule has 1 aromatic heterocycles. The molecule has 190 valence electrons. The van der Waals surface area contributed by atoms with E-state index in [2.05, 4.69) is 156 Å². The molecule has 0 aliphatic carbocycles. The average Bonchev–Trinajstić information content (AvgIpc) is 3.38. The Kier molecular flexibility index (Phi) is 4.67. The van der Waals surface area contributed by atoms with Gasteiger partial charge in [-0.05, 0) is 73.3 Å². The Balaban J connectivity index is 1.45. The number of benzene rings is 8. The zero-order valence-corrected chi connectivity index (χ0v) is 22.4. The van der Waals surface area contributed by atoms with Gasteiger partial charge in [-0.15, -0.1) is 0 Å². The third kappa shape index (κ3) is 3.18. The standard InChI is InChI=1S/C40H25N/c1-2-11-26(12-3-1)34-25-35(33-24-22-28-14-10-13-27-21-23-32(34)40(33)39(27)28)31-17-6-9-20-38(31)41-36-18-7-4-15-29(36)30-16-5-8-19-37(30)41/h1-25H. The molecule has 0 aliphatic rings. The number of para-hydroxylation sites is 3. The summed E-state index contributed by atoms with van der Waals surface area (Å²) in [6, 6.07) is 55.5. The molecule has 0 radical (unpaired) electrons. The van der Waals surface area contributed by atoms with Crippen LogP contribution in [-0.2, 0) is 0 Å². The maximum absolute atomic E-state index is 2.44. The molecular formula is C40H25N. The van der Waals surface area contributed by atoms with Crippen LogP contribution in [0.5, 0.6) is 0 Å². The Morgan fingerprint density at radius 1 is 0.341 bits per heavy atom. The molecule has 9 aromatic rings. The first-order chi connectivity index (χ1) is 20.4. The second-order valence-corrected chi connectivity index (χ2v) is 10.9. The summed E-state index contributed by atoms with van der Waals surface area (Å²) >= 11 is 0. The molecule has 8 aromatic carbocycles. The van der Waals surface area contributed by atoms with Gasteiger partial charge in [-0.3, -0.25) is 0 Å². The van der Waals surface area contributed by atoms with Gasteiger partial charge >= 0.3 is 0 Å². The minimum atomic E-state index is 1.19. The lowest BCUT2D eigenvalue weighted by atomic mass is 9.85. The molecule has 41 heavy (non-hydrogen) atoms. The predicted octanol–water partition coefficient (Wildman–Crippen LogP) is 11.0. The summed E-state index contributed by atoms with van der Waals surface area (Å²) in [4.78, 5) is 0. The largest absolute Gasteiger partial charge is 0.309 e. The number of aromatic nitrogens is 1. The van der Waals surface area contributed by atoms with Gasteiger partial charge in [-0.1, -0.05) is 127 Å². The molecule has 1 heterocycles. The number of hydrogen-bond acceptors (Lipinski definition) is 0. The first-order valence-electron chi connectivity index (χ1n) is 14.2. The maximum Gasteiger partial charge on any atom is 0.0541 e. The van der Waals surface area contributed by atoms with E-state index in [9.17, 15) is 0 Å². The Morgan fingerprint density at radius 2 is 0.927 bits per heavy atom. The van der Waals surface area contributed by atoms with Crippen LogP contribution < -0.4 is 0 Å². The highest BCUT2D eigenvalue weighted by molar-refractivity contribution is 6.28. The van der Waals surface area contributed by atoms with Crippen LogP contribution in [-0.4, -0.2) is 4.57 Å². The van der Waals surface area contributed by atoms with Crippen molar-refractivity contribution >= 4 is 54.1 Å². The molecule has 0 spiro atoms. The zero-order chi connectivity index (χ0) is 26.9. The highest BCUT2D eigenvalue weighted by Gasteiger charge is 2.20. The minimum absolute atomic E-state index is 1.19. The molecule has 0 bridgehead atoms.